The number of carbonyl (C=O) groups is 2. The van der Waals surface area contributed by atoms with Crippen LogP contribution < -0.4 is 4.74 Å². The van der Waals surface area contributed by atoms with Crippen molar-refractivity contribution in [1.82, 2.24) is 24.4 Å². The molecule has 3 aromatic heterocycles. The molecule has 2 saturated heterocycles. The first-order valence-electron chi connectivity index (χ1n) is 14.6. The Morgan fingerprint density at radius 1 is 1.05 bits per heavy atom. The van der Waals surface area contributed by atoms with Crippen LogP contribution in [0.5, 0.6) is 5.88 Å². The number of Topliss-reactive ketones (excluding diaryl/α,β-unsaturated/α-hetero) is 1. The van der Waals surface area contributed by atoms with Crippen molar-refractivity contribution in [3.05, 3.63) is 82.7 Å². The van der Waals surface area contributed by atoms with Crippen LogP contribution in [0.25, 0.3) is 11.2 Å². The third-order valence-corrected chi connectivity index (χ3v) is 8.20. The zero-order valence-electron chi connectivity index (χ0n) is 24.3. The van der Waals surface area contributed by atoms with E-state index in [1.165, 1.54) is 20.1 Å². The molecule has 0 aliphatic carbocycles. The van der Waals surface area contributed by atoms with Gasteiger partial charge in [0.2, 0.25) is 5.88 Å². The van der Waals surface area contributed by atoms with Gasteiger partial charge in [-0.1, -0.05) is 18.2 Å². The number of hydrogen-bond donors (Lipinski definition) is 0. The fraction of sp³-hybridized carbons (Fsp3) is 0.406. The number of methoxy groups -OCH3 is 1. The van der Waals surface area contributed by atoms with Crippen molar-refractivity contribution in [2.24, 2.45) is 0 Å². The third-order valence-electron chi connectivity index (χ3n) is 8.20. The van der Waals surface area contributed by atoms with Gasteiger partial charge in [-0.25, -0.2) is 24.1 Å². The summed E-state index contributed by atoms with van der Waals surface area (Å²) in [5, 5.41) is 0. The second kappa shape index (κ2) is 12.6. The van der Waals surface area contributed by atoms with E-state index in [4.69, 9.17) is 24.2 Å². The molecule has 4 aromatic rings. The molecule has 1 atom stereocenters. The first-order valence-corrected chi connectivity index (χ1v) is 14.6. The summed E-state index contributed by atoms with van der Waals surface area (Å²) in [6, 6.07) is 13.6. The molecule has 0 spiro atoms. The quantitative estimate of drug-likeness (QED) is 0.193. The molecule has 2 aliphatic heterocycles. The maximum Gasteiger partial charge on any atom is 0.356 e. The maximum absolute atomic E-state index is 14.4. The molecule has 0 bridgehead atoms. The molecule has 6 rings (SSSR count). The summed E-state index contributed by atoms with van der Waals surface area (Å²) in [5.74, 6) is 0.496. The van der Waals surface area contributed by atoms with Gasteiger partial charge in [0.1, 0.15) is 23.8 Å². The second-order valence-corrected chi connectivity index (χ2v) is 11.1. The molecule has 0 saturated carbocycles. The van der Waals surface area contributed by atoms with Crippen LogP contribution in [0.4, 0.5) is 4.39 Å². The average Bonchev–Trinajstić information content (AvgIpc) is 3.34. The first kappa shape index (κ1) is 28.9. The molecule has 0 unspecified atom stereocenters. The Morgan fingerprint density at radius 3 is 2.56 bits per heavy atom. The minimum Gasteiger partial charge on any atom is -0.473 e. The standard InChI is InChI=1S/C32H34FN5O5/c1-20(39)22-6-7-23(25(33)16-22)19-43-30-5-3-4-26(35-30)21-10-13-37(14-11-21)18-29-34-27-8-9-28(32(40)41-2)36-31(27)38(29)17-24-12-15-42-24/h3-9,16,21,24H,10-15,17-19H2,1-2H3/t24-/m0/s1. The van der Waals surface area contributed by atoms with Crippen LogP contribution in [-0.4, -0.2) is 69.1 Å². The normalized spacial score (nSPS) is 17.5. The van der Waals surface area contributed by atoms with E-state index in [0.717, 1.165) is 56.0 Å². The van der Waals surface area contributed by atoms with Gasteiger partial charge in [0, 0.05) is 35.4 Å². The molecule has 5 heterocycles. The Balaban J connectivity index is 1.10. The fourth-order valence-corrected chi connectivity index (χ4v) is 5.57. The number of nitrogens with zero attached hydrogens (tertiary/aromatic N) is 5. The molecule has 1 aromatic carbocycles. The highest BCUT2D eigenvalue weighted by Gasteiger charge is 2.27. The molecule has 0 N–H and O–H groups in total. The van der Waals surface area contributed by atoms with E-state index in [2.05, 4.69) is 14.5 Å². The monoisotopic (exact) mass is 587 g/mol. The number of ether oxygens (including phenoxy) is 3. The molecular weight excluding hydrogens is 553 g/mol. The number of likely N-dealkylation sites (tertiary alicyclic amines) is 1. The number of hydrogen-bond acceptors (Lipinski definition) is 9. The SMILES string of the molecule is COC(=O)c1ccc2nc(CN3CCC(c4cccc(OCc5ccc(C(C)=O)cc5F)n4)CC3)n(C[C@@H]3CCO3)c2n1. The molecule has 224 valence electrons. The number of aromatic nitrogens is 4. The molecule has 43 heavy (non-hydrogen) atoms. The Bertz CT molecular complexity index is 1640. The predicted molar refractivity (Wildman–Crippen MR) is 155 cm³/mol. The fourth-order valence-electron chi connectivity index (χ4n) is 5.57. The van der Waals surface area contributed by atoms with Gasteiger partial charge < -0.3 is 18.8 Å². The highest BCUT2D eigenvalue weighted by molar-refractivity contribution is 5.94. The number of benzene rings is 1. The van der Waals surface area contributed by atoms with Gasteiger partial charge >= 0.3 is 5.97 Å². The highest BCUT2D eigenvalue weighted by Crippen LogP contribution is 2.30. The zero-order valence-corrected chi connectivity index (χ0v) is 24.3. The predicted octanol–water partition coefficient (Wildman–Crippen LogP) is 4.70. The lowest BCUT2D eigenvalue weighted by Gasteiger charge is -2.32. The van der Waals surface area contributed by atoms with E-state index in [0.29, 0.717) is 35.7 Å². The van der Waals surface area contributed by atoms with Crippen LogP contribution in [-0.2, 0) is 29.2 Å². The smallest absolute Gasteiger partial charge is 0.356 e. The summed E-state index contributed by atoms with van der Waals surface area (Å²) in [4.78, 5) is 40.2. The number of ketones is 1. The van der Waals surface area contributed by atoms with Crippen LogP contribution in [0, 0.1) is 5.82 Å². The number of imidazole rings is 1. The second-order valence-electron chi connectivity index (χ2n) is 11.1. The van der Waals surface area contributed by atoms with Crippen molar-refractivity contribution in [2.45, 2.75) is 57.9 Å². The van der Waals surface area contributed by atoms with Crippen molar-refractivity contribution in [1.29, 1.82) is 0 Å². The van der Waals surface area contributed by atoms with Gasteiger partial charge in [0.05, 0.1) is 26.3 Å². The van der Waals surface area contributed by atoms with Crippen molar-refractivity contribution in [3.63, 3.8) is 0 Å². The largest absolute Gasteiger partial charge is 0.473 e. The van der Waals surface area contributed by atoms with Gasteiger partial charge in [0.25, 0.3) is 0 Å². The van der Waals surface area contributed by atoms with E-state index in [9.17, 15) is 14.0 Å². The Hall–Kier alpha value is -4.22. The maximum atomic E-state index is 14.4. The highest BCUT2D eigenvalue weighted by atomic mass is 19.1. The Morgan fingerprint density at radius 2 is 1.86 bits per heavy atom. The lowest BCUT2D eigenvalue weighted by Crippen LogP contribution is -2.35. The summed E-state index contributed by atoms with van der Waals surface area (Å²) >= 11 is 0. The molecule has 0 radical (unpaired) electrons. The number of carbonyl (C=O) groups excluding carboxylic acids is 2. The van der Waals surface area contributed by atoms with E-state index in [1.807, 2.05) is 18.2 Å². The summed E-state index contributed by atoms with van der Waals surface area (Å²) in [6.07, 6.45) is 2.95. The van der Waals surface area contributed by atoms with Crippen LogP contribution in [0.15, 0.2) is 48.5 Å². The van der Waals surface area contributed by atoms with Gasteiger partial charge in [-0.3, -0.25) is 9.69 Å². The summed E-state index contributed by atoms with van der Waals surface area (Å²) < 4.78 is 32.9. The molecular formula is C32H34FN5O5. The summed E-state index contributed by atoms with van der Waals surface area (Å²) in [7, 11) is 1.35. The molecule has 10 nitrogen and oxygen atoms in total. The topological polar surface area (TPSA) is 109 Å². The lowest BCUT2D eigenvalue weighted by molar-refractivity contribution is -0.0593. The Kier molecular flexibility index (Phi) is 8.44. The number of piperidine rings is 1. The van der Waals surface area contributed by atoms with E-state index in [-0.39, 0.29) is 30.1 Å². The molecule has 11 heteroatoms. The third kappa shape index (κ3) is 6.42. The number of fused-ring (bicyclic) bond motifs is 1. The van der Waals surface area contributed by atoms with Gasteiger partial charge in [0.15, 0.2) is 17.1 Å². The van der Waals surface area contributed by atoms with E-state index < -0.39 is 11.8 Å². The first-order chi connectivity index (χ1) is 20.9. The number of halogens is 1. The van der Waals surface area contributed by atoms with E-state index in [1.54, 1.807) is 24.3 Å². The number of pyridine rings is 2. The van der Waals surface area contributed by atoms with Crippen LogP contribution in [0.1, 0.15) is 70.0 Å². The summed E-state index contributed by atoms with van der Waals surface area (Å²) in [6.45, 7) is 5.24. The van der Waals surface area contributed by atoms with Gasteiger partial charge in [-0.05, 0) is 63.5 Å². The average molecular weight is 588 g/mol. The van der Waals surface area contributed by atoms with Crippen LogP contribution in [0.2, 0.25) is 0 Å². The Labute approximate surface area is 248 Å². The number of rotatable bonds is 10. The lowest BCUT2D eigenvalue weighted by atomic mass is 9.93. The minimum absolute atomic E-state index is 0.0296. The van der Waals surface area contributed by atoms with Crippen molar-refractivity contribution in [2.75, 3.05) is 26.8 Å². The minimum atomic E-state index is -0.475. The number of esters is 1. The van der Waals surface area contributed by atoms with Crippen LogP contribution in [0.3, 0.4) is 0 Å². The van der Waals surface area contributed by atoms with Crippen LogP contribution >= 0.6 is 0 Å². The molecule has 2 aliphatic rings. The van der Waals surface area contributed by atoms with Crippen molar-refractivity contribution in [3.8, 4) is 5.88 Å². The molecule has 0 amide bonds. The van der Waals surface area contributed by atoms with Gasteiger partial charge in [-0.2, -0.15) is 0 Å². The van der Waals surface area contributed by atoms with Crippen molar-refractivity contribution < 1.29 is 28.2 Å². The van der Waals surface area contributed by atoms with Crippen molar-refractivity contribution >= 4 is 22.9 Å². The zero-order chi connectivity index (χ0) is 29.9. The van der Waals surface area contributed by atoms with Gasteiger partial charge in [-0.15, -0.1) is 0 Å². The van der Waals surface area contributed by atoms with E-state index >= 15 is 0 Å². The molecule has 2 fully saturated rings. The summed E-state index contributed by atoms with van der Waals surface area (Å²) in [5.41, 5.74) is 3.33.